The van der Waals surface area contributed by atoms with Crippen LogP contribution >= 0.6 is 0 Å². The molecule has 0 saturated heterocycles. The van der Waals surface area contributed by atoms with Gasteiger partial charge in [0.05, 0.1) is 17.6 Å². The van der Waals surface area contributed by atoms with Gasteiger partial charge in [0.1, 0.15) is 12.4 Å². The molecule has 3 aromatic heterocycles. The van der Waals surface area contributed by atoms with Crippen molar-refractivity contribution < 1.29 is 4.74 Å². The Balaban J connectivity index is 1.57. The number of rotatable bonds is 7. The van der Waals surface area contributed by atoms with Gasteiger partial charge in [-0.25, -0.2) is 4.98 Å². The molecule has 0 spiro atoms. The van der Waals surface area contributed by atoms with Crippen molar-refractivity contribution in [3.05, 3.63) is 72.7 Å². The minimum Gasteiger partial charge on any atom is -0.492 e. The normalized spacial score (nSPS) is 11.1. The molecule has 7 heteroatoms. The summed E-state index contributed by atoms with van der Waals surface area (Å²) in [5.74, 6) is 1.58. The Labute approximate surface area is 176 Å². The van der Waals surface area contributed by atoms with E-state index in [1.165, 1.54) is 0 Å². The van der Waals surface area contributed by atoms with Crippen LogP contribution in [-0.2, 0) is 0 Å². The van der Waals surface area contributed by atoms with Crippen LogP contribution in [0.5, 0.6) is 5.75 Å². The quantitative estimate of drug-likeness (QED) is 0.472. The van der Waals surface area contributed by atoms with Crippen molar-refractivity contribution in [1.29, 1.82) is 0 Å². The van der Waals surface area contributed by atoms with Crippen molar-refractivity contribution in [1.82, 2.24) is 29.9 Å². The highest BCUT2D eigenvalue weighted by Crippen LogP contribution is 2.26. The minimum absolute atomic E-state index is 0.657. The van der Waals surface area contributed by atoms with E-state index < -0.39 is 0 Å². The first-order chi connectivity index (χ1) is 14.6. The number of likely N-dealkylation sites (N-methyl/N-ethyl adjacent to an activating group) is 1. The first-order valence-corrected chi connectivity index (χ1v) is 9.78. The van der Waals surface area contributed by atoms with Crippen molar-refractivity contribution in [3.8, 4) is 34.1 Å². The largest absolute Gasteiger partial charge is 0.492 e. The lowest BCUT2D eigenvalue weighted by Gasteiger charge is -2.11. The third-order valence-corrected chi connectivity index (χ3v) is 4.68. The van der Waals surface area contributed by atoms with Crippen LogP contribution in [0.25, 0.3) is 28.3 Å². The molecule has 4 aromatic rings. The number of hydrogen-bond acceptors (Lipinski definition) is 6. The molecule has 0 aliphatic carbocycles. The molecule has 4 rings (SSSR count). The zero-order valence-corrected chi connectivity index (χ0v) is 17.4. The fraction of sp³-hybridized carbons (Fsp3) is 0.217. The molecule has 0 radical (unpaired) electrons. The molecule has 0 aliphatic heterocycles. The molecule has 3 heterocycles. The second kappa shape index (κ2) is 8.84. The fourth-order valence-corrected chi connectivity index (χ4v) is 3.00. The van der Waals surface area contributed by atoms with Crippen molar-refractivity contribution in [2.24, 2.45) is 0 Å². The Bertz CT molecular complexity index is 1100. The summed E-state index contributed by atoms with van der Waals surface area (Å²) in [5.41, 5.74) is 4.82. The molecule has 0 N–H and O–H groups in total. The van der Waals surface area contributed by atoms with Crippen LogP contribution in [-0.4, -0.2) is 57.1 Å². The van der Waals surface area contributed by atoms with Gasteiger partial charge in [-0.05, 0) is 69.0 Å². The Hall–Kier alpha value is -3.58. The van der Waals surface area contributed by atoms with E-state index in [2.05, 4.69) is 25.2 Å². The minimum atomic E-state index is 0.657. The number of ether oxygens (including phenoxy) is 1. The first kappa shape index (κ1) is 19.7. The Morgan fingerprint density at radius 2 is 1.77 bits per heavy atom. The average molecular weight is 400 g/mol. The summed E-state index contributed by atoms with van der Waals surface area (Å²) >= 11 is 0. The molecule has 0 saturated carbocycles. The molecule has 0 aliphatic rings. The van der Waals surface area contributed by atoms with Crippen LogP contribution in [0, 0.1) is 6.92 Å². The predicted octanol–water partition coefficient (Wildman–Crippen LogP) is 3.64. The van der Waals surface area contributed by atoms with Gasteiger partial charge in [-0.15, -0.1) is 5.10 Å². The smallest absolute Gasteiger partial charge is 0.155 e. The Kier molecular flexibility index (Phi) is 5.81. The first-order valence-electron chi connectivity index (χ1n) is 9.78. The molecule has 0 atom stereocenters. The molecule has 0 amide bonds. The van der Waals surface area contributed by atoms with Gasteiger partial charge in [0.2, 0.25) is 0 Å². The number of hydrogen-bond donors (Lipinski definition) is 0. The summed E-state index contributed by atoms with van der Waals surface area (Å²) in [6.45, 7) is 3.54. The number of aryl methyl sites for hydroxylation is 1. The molecule has 152 valence electrons. The lowest BCUT2D eigenvalue weighted by atomic mass is 10.1. The van der Waals surface area contributed by atoms with Crippen LogP contribution in [0.4, 0.5) is 0 Å². The van der Waals surface area contributed by atoms with Crippen molar-refractivity contribution in [2.75, 3.05) is 27.2 Å². The van der Waals surface area contributed by atoms with E-state index in [-0.39, 0.29) is 0 Å². The molecular formula is C23H24N6O. The highest BCUT2D eigenvalue weighted by molar-refractivity contribution is 5.69. The van der Waals surface area contributed by atoms with E-state index in [0.717, 1.165) is 46.2 Å². The third-order valence-electron chi connectivity index (χ3n) is 4.68. The van der Waals surface area contributed by atoms with E-state index in [4.69, 9.17) is 4.74 Å². The number of pyridine rings is 2. The third kappa shape index (κ3) is 4.52. The SMILES string of the molecule is Cc1ccc(-n2nncc2-c2ccnc(-c3ccc(OCCN(C)C)cc3)c2)nc1. The molecule has 0 bridgehead atoms. The standard InChI is InChI=1S/C23H24N6O/c1-17-4-9-23(25-15-17)29-22(16-26-27-29)19-10-11-24-21(14-19)18-5-7-20(8-6-18)30-13-12-28(2)3/h4-11,14-16H,12-13H2,1-3H3. The summed E-state index contributed by atoms with van der Waals surface area (Å²) in [4.78, 5) is 11.1. The zero-order valence-electron chi connectivity index (χ0n) is 17.4. The van der Waals surface area contributed by atoms with Crippen LogP contribution < -0.4 is 4.74 Å². The highest BCUT2D eigenvalue weighted by Gasteiger charge is 2.11. The van der Waals surface area contributed by atoms with E-state index in [1.807, 2.05) is 75.7 Å². The maximum absolute atomic E-state index is 5.77. The van der Waals surface area contributed by atoms with Crippen molar-refractivity contribution in [2.45, 2.75) is 6.92 Å². The van der Waals surface area contributed by atoms with Crippen molar-refractivity contribution in [3.63, 3.8) is 0 Å². The van der Waals surface area contributed by atoms with E-state index in [0.29, 0.717) is 6.61 Å². The highest BCUT2D eigenvalue weighted by atomic mass is 16.5. The van der Waals surface area contributed by atoms with Crippen LogP contribution in [0.15, 0.2) is 67.1 Å². The van der Waals surface area contributed by atoms with Gasteiger partial charge >= 0.3 is 0 Å². The van der Waals surface area contributed by atoms with E-state index in [1.54, 1.807) is 17.1 Å². The average Bonchev–Trinajstić information content (AvgIpc) is 3.25. The summed E-state index contributed by atoms with van der Waals surface area (Å²) in [6.07, 6.45) is 5.36. The van der Waals surface area contributed by atoms with Crippen LogP contribution in [0.2, 0.25) is 0 Å². The molecule has 7 nitrogen and oxygen atoms in total. The van der Waals surface area contributed by atoms with Crippen LogP contribution in [0.3, 0.4) is 0 Å². The molecule has 30 heavy (non-hydrogen) atoms. The van der Waals surface area contributed by atoms with Gasteiger partial charge in [0.15, 0.2) is 5.82 Å². The molecule has 0 unspecified atom stereocenters. The fourth-order valence-electron chi connectivity index (χ4n) is 3.00. The summed E-state index contributed by atoms with van der Waals surface area (Å²) in [7, 11) is 4.06. The second-order valence-electron chi connectivity index (χ2n) is 7.33. The topological polar surface area (TPSA) is 69.0 Å². The molecule has 0 fully saturated rings. The predicted molar refractivity (Wildman–Crippen MR) is 117 cm³/mol. The summed E-state index contributed by atoms with van der Waals surface area (Å²) in [6, 6.07) is 15.9. The van der Waals surface area contributed by atoms with E-state index in [9.17, 15) is 0 Å². The van der Waals surface area contributed by atoms with E-state index >= 15 is 0 Å². The lowest BCUT2D eigenvalue weighted by Crippen LogP contribution is -2.19. The Morgan fingerprint density at radius 3 is 2.50 bits per heavy atom. The van der Waals surface area contributed by atoms with Gasteiger partial charge in [-0.1, -0.05) is 11.3 Å². The maximum atomic E-state index is 5.77. The van der Waals surface area contributed by atoms with Gasteiger partial charge in [-0.3, -0.25) is 4.98 Å². The second-order valence-corrected chi connectivity index (χ2v) is 7.33. The van der Waals surface area contributed by atoms with Gasteiger partial charge in [0, 0.05) is 30.1 Å². The lowest BCUT2D eigenvalue weighted by molar-refractivity contribution is 0.261. The maximum Gasteiger partial charge on any atom is 0.155 e. The van der Waals surface area contributed by atoms with Gasteiger partial charge in [0.25, 0.3) is 0 Å². The monoisotopic (exact) mass is 400 g/mol. The van der Waals surface area contributed by atoms with Gasteiger partial charge in [-0.2, -0.15) is 4.68 Å². The summed E-state index contributed by atoms with van der Waals surface area (Å²) < 4.78 is 7.51. The zero-order chi connectivity index (χ0) is 20.9. The molecule has 1 aromatic carbocycles. The van der Waals surface area contributed by atoms with Crippen LogP contribution in [0.1, 0.15) is 5.56 Å². The Morgan fingerprint density at radius 1 is 0.933 bits per heavy atom. The number of aromatic nitrogens is 5. The van der Waals surface area contributed by atoms with Gasteiger partial charge < -0.3 is 9.64 Å². The number of nitrogens with zero attached hydrogens (tertiary/aromatic N) is 6. The summed E-state index contributed by atoms with van der Waals surface area (Å²) in [5, 5.41) is 8.30. The van der Waals surface area contributed by atoms with Crippen molar-refractivity contribution >= 4 is 0 Å². The number of benzene rings is 1. The molecular weight excluding hydrogens is 376 g/mol.